The van der Waals surface area contributed by atoms with Gasteiger partial charge in [-0.05, 0) is 36.8 Å². The highest BCUT2D eigenvalue weighted by Gasteiger charge is 2.21. The molecule has 3 atom stereocenters. The van der Waals surface area contributed by atoms with Gasteiger partial charge in [0.05, 0.1) is 11.1 Å². The number of aromatic nitrogens is 1. The minimum absolute atomic E-state index is 0.0371. The van der Waals surface area contributed by atoms with Gasteiger partial charge in [0.15, 0.2) is 0 Å². The summed E-state index contributed by atoms with van der Waals surface area (Å²) in [5, 5.41) is 1.09. The first-order valence-electron chi connectivity index (χ1n) is 8.89. The van der Waals surface area contributed by atoms with Gasteiger partial charge >= 0.3 is 5.97 Å². The molecule has 5 heteroatoms. The Balaban J connectivity index is 1.72. The van der Waals surface area contributed by atoms with Gasteiger partial charge in [-0.15, -0.1) is 0 Å². The molecule has 1 aromatic heterocycles. The van der Waals surface area contributed by atoms with Crippen molar-refractivity contribution in [3.63, 3.8) is 0 Å². The Hall–Kier alpha value is -2.53. The summed E-state index contributed by atoms with van der Waals surface area (Å²) in [6.45, 7) is 3.89. The first-order valence-corrected chi connectivity index (χ1v) is 10.6. The SMILES string of the molecule is C[C@H](OC(=O)c1cccc(C[S@](C)=O)c1)[C@@H](C)c1ccc2ccccc2n1. The molecular weight excluding hydrogens is 358 g/mol. The zero-order chi connectivity index (χ0) is 19.4. The zero-order valence-electron chi connectivity index (χ0n) is 15.7. The van der Waals surface area contributed by atoms with E-state index in [4.69, 9.17) is 9.72 Å². The standard InChI is InChI=1S/C22H23NO3S/c1-15(20-12-11-18-8-4-5-10-21(18)23-20)16(2)26-22(24)19-9-6-7-17(13-19)14-27(3)25/h4-13,15-16H,14H2,1-3H3/t15-,16+,27+/m1/s1. The third-order valence-electron chi connectivity index (χ3n) is 4.62. The molecule has 3 rings (SSSR count). The molecule has 0 saturated carbocycles. The molecule has 3 aromatic rings. The summed E-state index contributed by atoms with van der Waals surface area (Å²) < 4.78 is 17.1. The van der Waals surface area contributed by atoms with Crippen molar-refractivity contribution < 1.29 is 13.7 Å². The Morgan fingerprint density at radius 3 is 2.63 bits per heavy atom. The van der Waals surface area contributed by atoms with Crippen molar-refractivity contribution in [2.75, 3.05) is 6.26 Å². The van der Waals surface area contributed by atoms with Gasteiger partial charge in [0, 0.05) is 39.8 Å². The molecule has 0 amide bonds. The first-order chi connectivity index (χ1) is 12.9. The number of hydrogen-bond donors (Lipinski definition) is 0. The lowest BCUT2D eigenvalue weighted by Gasteiger charge is -2.20. The second kappa shape index (κ2) is 8.44. The van der Waals surface area contributed by atoms with E-state index in [0.717, 1.165) is 22.2 Å². The fourth-order valence-corrected chi connectivity index (χ4v) is 3.59. The summed E-state index contributed by atoms with van der Waals surface area (Å²) in [5.41, 5.74) is 3.16. The van der Waals surface area contributed by atoms with Crippen LogP contribution in [0.15, 0.2) is 60.7 Å². The molecule has 0 N–H and O–H groups in total. The van der Waals surface area contributed by atoms with Crippen LogP contribution < -0.4 is 0 Å². The van der Waals surface area contributed by atoms with Crippen LogP contribution in [-0.2, 0) is 21.3 Å². The van der Waals surface area contributed by atoms with E-state index in [0.29, 0.717) is 11.3 Å². The second-order valence-corrected chi connectivity index (χ2v) is 8.18. The molecule has 0 radical (unpaired) electrons. The number of ether oxygens (including phenoxy) is 1. The Morgan fingerprint density at radius 2 is 1.85 bits per heavy atom. The smallest absolute Gasteiger partial charge is 0.338 e. The maximum absolute atomic E-state index is 12.5. The van der Waals surface area contributed by atoms with E-state index < -0.39 is 10.8 Å². The number of rotatable bonds is 6. The number of fused-ring (bicyclic) bond motifs is 1. The van der Waals surface area contributed by atoms with Gasteiger partial charge in [-0.3, -0.25) is 9.19 Å². The molecule has 0 unspecified atom stereocenters. The van der Waals surface area contributed by atoms with Crippen molar-refractivity contribution >= 4 is 27.7 Å². The van der Waals surface area contributed by atoms with Gasteiger partial charge in [0.2, 0.25) is 0 Å². The van der Waals surface area contributed by atoms with E-state index in [1.165, 1.54) is 0 Å². The molecule has 1 heterocycles. The Labute approximate surface area is 162 Å². The minimum Gasteiger partial charge on any atom is -0.458 e. The second-order valence-electron chi connectivity index (χ2n) is 6.75. The normalized spacial score (nSPS) is 14.5. The summed E-state index contributed by atoms with van der Waals surface area (Å²) in [4.78, 5) is 17.2. The number of benzene rings is 2. The first kappa shape index (κ1) is 19.2. The molecular formula is C22H23NO3S. The van der Waals surface area contributed by atoms with Gasteiger partial charge in [0.1, 0.15) is 6.10 Å². The van der Waals surface area contributed by atoms with E-state index in [1.54, 1.807) is 24.5 Å². The lowest BCUT2D eigenvalue weighted by Crippen LogP contribution is -2.21. The molecule has 140 valence electrons. The van der Waals surface area contributed by atoms with Crippen LogP contribution in [0.2, 0.25) is 0 Å². The highest BCUT2D eigenvalue weighted by Crippen LogP contribution is 2.23. The highest BCUT2D eigenvalue weighted by atomic mass is 32.2. The molecule has 27 heavy (non-hydrogen) atoms. The van der Waals surface area contributed by atoms with Crippen molar-refractivity contribution in [2.45, 2.75) is 31.6 Å². The van der Waals surface area contributed by atoms with E-state index >= 15 is 0 Å². The Kier molecular flexibility index (Phi) is 6.01. The van der Waals surface area contributed by atoms with Gasteiger partial charge < -0.3 is 4.74 Å². The molecule has 0 spiro atoms. The number of hydrogen-bond acceptors (Lipinski definition) is 4. The van der Waals surface area contributed by atoms with Crippen LogP contribution in [0, 0.1) is 0 Å². The van der Waals surface area contributed by atoms with Crippen LogP contribution in [-0.4, -0.2) is 27.5 Å². The minimum atomic E-state index is -0.953. The highest BCUT2D eigenvalue weighted by molar-refractivity contribution is 7.83. The van der Waals surface area contributed by atoms with Crippen molar-refractivity contribution in [1.82, 2.24) is 4.98 Å². The van der Waals surface area contributed by atoms with E-state index in [-0.39, 0.29) is 18.0 Å². The van der Waals surface area contributed by atoms with E-state index in [2.05, 4.69) is 0 Å². The summed E-state index contributed by atoms with van der Waals surface area (Å²) in [6.07, 6.45) is 1.32. The topological polar surface area (TPSA) is 56.3 Å². The van der Waals surface area contributed by atoms with Crippen LogP contribution >= 0.6 is 0 Å². The fourth-order valence-electron chi connectivity index (χ4n) is 2.94. The van der Waals surface area contributed by atoms with Crippen LogP contribution in [0.5, 0.6) is 0 Å². The molecule has 0 saturated heterocycles. The number of esters is 1. The monoisotopic (exact) mass is 381 g/mol. The molecule has 0 aliphatic rings. The van der Waals surface area contributed by atoms with Crippen LogP contribution in [0.1, 0.15) is 41.4 Å². The van der Waals surface area contributed by atoms with Crippen LogP contribution in [0.4, 0.5) is 0 Å². The third-order valence-corrected chi connectivity index (χ3v) is 5.36. The molecule has 2 aromatic carbocycles. The summed E-state index contributed by atoms with van der Waals surface area (Å²) in [6, 6.07) is 19.1. The predicted octanol–water partition coefficient (Wildman–Crippen LogP) is 4.46. The van der Waals surface area contributed by atoms with Crippen molar-refractivity contribution in [2.24, 2.45) is 0 Å². The Bertz CT molecular complexity index is 986. The number of pyridine rings is 1. The molecule has 0 aliphatic heterocycles. The zero-order valence-corrected chi connectivity index (χ0v) is 16.5. The lowest BCUT2D eigenvalue weighted by molar-refractivity contribution is 0.0290. The maximum Gasteiger partial charge on any atom is 0.338 e. The largest absolute Gasteiger partial charge is 0.458 e. The summed E-state index contributed by atoms with van der Waals surface area (Å²) >= 11 is 0. The molecule has 0 fully saturated rings. The van der Waals surface area contributed by atoms with Crippen LogP contribution in [0.25, 0.3) is 10.9 Å². The maximum atomic E-state index is 12.5. The van der Waals surface area contributed by atoms with Gasteiger partial charge in [-0.25, -0.2) is 4.79 Å². The third kappa shape index (κ3) is 4.80. The lowest BCUT2D eigenvalue weighted by atomic mass is 10.0. The van der Waals surface area contributed by atoms with Gasteiger partial charge in [-0.2, -0.15) is 0 Å². The number of nitrogens with zero attached hydrogens (tertiary/aromatic N) is 1. The number of carbonyl (C=O) groups excluding carboxylic acids is 1. The van der Waals surface area contributed by atoms with Crippen molar-refractivity contribution in [1.29, 1.82) is 0 Å². The van der Waals surface area contributed by atoms with Crippen molar-refractivity contribution in [3.8, 4) is 0 Å². The van der Waals surface area contributed by atoms with Gasteiger partial charge in [0.25, 0.3) is 0 Å². The van der Waals surface area contributed by atoms with Gasteiger partial charge in [-0.1, -0.05) is 43.3 Å². The molecule has 4 nitrogen and oxygen atoms in total. The predicted molar refractivity (Wildman–Crippen MR) is 109 cm³/mol. The fraction of sp³-hybridized carbons (Fsp3) is 0.273. The molecule has 0 aliphatic carbocycles. The summed E-state index contributed by atoms with van der Waals surface area (Å²) in [5.74, 6) is 0.0115. The molecule has 0 bridgehead atoms. The average Bonchev–Trinajstić information content (AvgIpc) is 2.66. The summed E-state index contributed by atoms with van der Waals surface area (Å²) in [7, 11) is -0.953. The van der Waals surface area contributed by atoms with E-state index in [9.17, 15) is 9.00 Å². The van der Waals surface area contributed by atoms with Crippen LogP contribution in [0.3, 0.4) is 0 Å². The number of carbonyl (C=O) groups is 1. The van der Waals surface area contributed by atoms with E-state index in [1.807, 2.05) is 56.3 Å². The van der Waals surface area contributed by atoms with Crippen molar-refractivity contribution in [3.05, 3.63) is 77.5 Å². The average molecular weight is 381 g/mol. The number of para-hydroxylation sites is 1. The quantitative estimate of drug-likeness (QED) is 0.592. The Morgan fingerprint density at radius 1 is 1.07 bits per heavy atom.